The lowest BCUT2D eigenvalue weighted by molar-refractivity contribution is -0.144. The molecule has 0 aliphatic rings. The van der Waals surface area contributed by atoms with Gasteiger partial charge in [-0.15, -0.1) is 0 Å². The van der Waals surface area contributed by atoms with Crippen LogP contribution in [0.25, 0.3) is 0 Å². The van der Waals surface area contributed by atoms with Crippen LogP contribution in [-0.4, -0.2) is 41.0 Å². The first-order valence-corrected chi connectivity index (χ1v) is 6.54. The molecule has 1 aromatic heterocycles. The number of nitrogens with one attached hydrogen (secondary N) is 1. The van der Waals surface area contributed by atoms with Crippen LogP contribution in [0.15, 0.2) is 6.07 Å². The molecule has 8 heteroatoms. The predicted molar refractivity (Wildman–Crippen MR) is 72.3 cm³/mol. The standard InChI is InChI=1S/C12H20F3N5/c1-3-6-20(4-2)7-5-17-10-8-9(16)18-11(19-10)12(13,14)15/h8H,3-7H2,1-2H3,(H3,16,17,18,19). The van der Waals surface area contributed by atoms with Crippen LogP contribution < -0.4 is 11.1 Å². The van der Waals surface area contributed by atoms with Gasteiger partial charge in [-0.25, -0.2) is 9.97 Å². The average molecular weight is 291 g/mol. The molecule has 3 N–H and O–H groups in total. The highest BCUT2D eigenvalue weighted by molar-refractivity contribution is 5.44. The van der Waals surface area contributed by atoms with Crippen LogP contribution in [0.2, 0.25) is 0 Å². The summed E-state index contributed by atoms with van der Waals surface area (Å²) in [4.78, 5) is 8.81. The summed E-state index contributed by atoms with van der Waals surface area (Å²) in [5.41, 5.74) is 5.36. The van der Waals surface area contributed by atoms with E-state index in [1.165, 1.54) is 6.07 Å². The van der Waals surface area contributed by atoms with Crippen LogP contribution in [0.4, 0.5) is 24.8 Å². The molecule has 1 heterocycles. The average Bonchev–Trinajstić information content (AvgIpc) is 2.36. The fraction of sp³-hybridized carbons (Fsp3) is 0.667. The number of anilines is 2. The second-order valence-corrected chi connectivity index (χ2v) is 4.36. The van der Waals surface area contributed by atoms with Crippen molar-refractivity contribution in [1.82, 2.24) is 14.9 Å². The van der Waals surface area contributed by atoms with E-state index in [2.05, 4.69) is 27.1 Å². The maximum atomic E-state index is 12.5. The van der Waals surface area contributed by atoms with Gasteiger partial charge < -0.3 is 16.0 Å². The van der Waals surface area contributed by atoms with Crippen molar-refractivity contribution in [3.63, 3.8) is 0 Å². The number of hydrogen-bond acceptors (Lipinski definition) is 5. The molecule has 0 aliphatic carbocycles. The minimum Gasteiger partial charge on any atom is -0.384 e. The molecule has 5 nitrogen and oxygen atoms in total. The van der Waals surface area contributed by atoms with Crippen LogP contribution in [-0.2, 0) is 6.18 Å². The van der Waals surface area contributed by atoms with Gasteiger partial charge in [0.1, 0.15) is 11.6 Å². The van der Waals surface area contributed by atoms with Gasteiger partial charge in [-0.2, -0.15) is 13.2 Å². The zero-order chi connectivity index (χ0) is 15.2. The molecule has 0 amide bonds. The first-order valence-electron chi connectivity index (χ1n) is 6.54. The lowest BCUT2D eigenvalue weighted by Crippen LogP contribution is -2.30. The summed E-state index contributed by atoms with van der Waals surface area (Å²) >= 11 is 0. The highest BCUT2D eigenvalue weighted by Crippen LogP contribution is 2.27. The molecule has 0 aliphatic heterocycles. The minimum atomic E-state index is -4.59. The Kier molecular flexibility index (Phi) is 6.00. The van der Waals surface area contributed by atoms with E-state index < -0.39 is 12.0 Å². The summed E-state index contributed by atoms with van der Waals surface area (Å²) in [6, 6.07) is 1.30. The highest BCUT2D eigenvalue weighted by Gasteiger charge is 2.35. The number of aromatic nitrogens is 2. The summed E-state index contributed by atoms with van der Waals surface area (Å²) in [6.45, 7) is 7.21. The molecule has 1 rings (SSSR count). The molecule has 0 bridgehead atoms. The minimum absolute atomic E-state index is 0.0948. The summed E-state index contributed by atoms with van der Waals surface area (Å²) < 4.78 is 37.6. The Bertz CT molecular complexity index is 422. The van der Waals surface area contributed by atoms with E-state index >= 15 is 0 Å². The Morgan fingerprint density at radius 1 is 1.25 bits per heavy atom. The molecule has 20 heavy (non-hydrogen) atoms. The van der Waals surface area contributed by atoms with E-state index in [-0.39, 0.29) is 11.6 Å². The number of nitrogens with two attached hydrogens (primary N) is 1. The van der Waals surface area contributed by atoms with Gasteiger partial charge in [0.05, 0.1) is 0 Å². The van der Waals surface area contributed by atoms with Crippen LogP contribution in [0.5, 0.6) is 0 Å². The molecule has 0 atom stereocenters. The first-order chi connectivity index (χ1) is 9.36. The van der Waals surface area contributed by atoms with E-state index in [4.69, 9.17) is 5.73 Å². The molecular weight excluding hydrogens is 271 g/mol. The fourth-order valence-corrected chi connectivity index (χ4v) is 1.77. The van der Waals surface area contributed by atoms with Gasteiger partial charge in [0.2, 0.25) is 5.82 Å². The van der Waals surface area contributed by atoms with E-state index in [1.807, 2.05) is 6.92 Å². The molecular formula is C12H20F3N5. The third kappa shape index (κ3) is 5.20. The van der Waals surface area contributed by atoms with Crippen molar-refractivity contribution < 1.29 is 13.2 Å². The Balaban J connectivity index is 2.62. The van der Waals surface area contributed by atoms with Gasteiger partial charge in [-0.3, -0.25) is 0 Å². The first kappa shape index (κ1) is 16.5. The molecule has 0 saturated carbocycles. The third-order valence-corrected chi connectivity index (χ3v) is 2.72. The van der Waals surface area contributed by atoms with Crippen LogP contribution in [0.1, 0.15) is 26.1 Å². The summed E-state index contributed by atoms with van der Waals surface area (Å²) in [5, 5.41) is 2.85. The van der Waals surface area contributed by atoms with Gasteiger partial charge in [-0.1, -0.05) is 13.8 Å². The summed E-state index contributed by atoms with van der Waals surface area (Å²) in [5.74, 6) is -1.32. The van der Waals surface area contributed by atoms with E-state index in [1.54, 1.807) is 0 Å². The lowest BCUT2D eigenvalue weighted by Gasteiger charge is -2.19. The maximum Gasteiger partial charge on any atom is 0.451 e. The van der Waals surface area contributed by atoms with Gasteiger partial charge >= 0.3 is 6.18 Å². The topological polar surface area (TPSA) is 67.1 Å². The Hall–Kier alpha value is -1.57. The quantitative estimate of drug-likeness (QED) is 0.806. The van der Waals surface area contributed by atoms with Gasteiger partial charge in [0.15, 0.2) is 0 Å². The number of halogens is 3. The molecule has 114 valence electrons. The fourth-order valence-electron chi connectivity index (χ4n) is 1.77. The zero-order valence-electron chi connectivity index (χ0n) is 11.7. The molecule has 0 saturated heterocycles. The Morgan fingerprint density at radius 2 is 1.95 bits per heavy atom. The van der Waals surface area contributed by atoms with Crippen molar-refractivity contribution in [2.45, 2.75) is 26.4 Å². The summed E-state index contributed by atoms with van der Waals surface area (Å²) in [6.07, 6.45) is -3.56. The number of hydrogen-bond donors (Lipinski definition) is 2. The monoisotopic (exact) mass is 291 g/mol. The van der Waals surface area contributed by atoms with Crippen molar-refractivity contribution in [1.29, 1.82) is 0 Å². The molecule has 1 aromatic rings. The molecule has 0 fully saturated rings. The Labute approximate surface area is 116 Å². The van der Waals surface area contributed by atoms with Crippen LogP contribution in [0, 0.1) is 0 Å². The van der Waals surface area contributed by atoms with E-state index in [0.717, 1.165) is 26.1 Å². The summed E-state index contributed by atoms with van der Waals surface area (Å²) in [7, 11) is 0. The number of rotatable bonds is 7. The zero-order valence-corrected chi connectivity index (χ0v) is 11.7. The van der Waals surface area contributed by atoms with Gasteiger partial charge in [-0.05, 0) is 19.5 Å². The molecule has 0 radical (unpaired) electrons. The van der Waals surface area contributed by atoms with Crippen molar-refractivity contribution in [3.05, 3.63) is 11.9 Å². The number of likely N-dealkylation sites (N-methyl/N-ethyl adjacent to an activating group) is 1. The molecule has 0 spiro atoms. The second kappa shape index (κ2) is 7.28. The molecule has 0 unspecified atom stereocenters. The SMILES string of the molecule is CCCN(CC)CCNc1cc(N)nc(C(F)(F)F)n1. The second-order valence-electron chi connectivity index (χ2n) is 4.36. The largest absolute Gasteiger partial charge is 0.451 e. The van der Waals surface area contributed by atoms with Crippen molar-refractivity contribution in [3.8, 4) is 0 Å². The van der Waals surface area contributed by atoms with Crippen molar-refractivity contribution >= 4 is 11.6 Å². The maximum absolute atomic E-state index is 12.5. The molecule has 0 aromatic carbocycles. The van der Waals surface area contributed by atoms with Crippen LogP contribution in [0.3, 0.4) is 0 Å². The normalized spacial score (nSPS) is 11.9. The van der Waals surface area contributed by atoms with Gasteiger partial charge in [0, 0.05) is 19.2 Å². The van der Waals surface area contributed by atoms with E-state index in [0.29, 0.717) is 6.54 Å². The highest BCUT2D eigenvalue weighted by atomic mass is 19.4. The predicted octanol–water partition coefficient (Wildman–Crippen LogP) is 2.22. The van der Waals surface area contributed by atoms with Gasteiger partial charge in [0.25, 0.3) is 0 Å². The van der Waals surface area contributed by atoms with E-state index in [9.17, 15) is 13.2 Å². The number of nitrogen functional groups attached to an aromatic ring is 1. The van der Waals surface area contributed by atoms with Crippen molar-refractivity contribution in [2.24, 2.45) is 0 Å². The number of nitrogens with zero attached hydrogens (tertiary/aromatic N) is 3. The number of alkyl halides is 3. The third-order valence-electron chi connectivity index (χ3n) is 2.72. The van der Waals surface area contributed by atoms with Crippen LogP contribution >= 0.6 is 0 Å². The van der Waals surface area contributed by atoms with Crippen molar-refractivity contribution in [2.75, 3.05) is 37.2 Å². The lowest BCUT2D eigenvalue weighted by atomic mass is 10.4. The Morgan fingerprint density at radius 3 is 2.50 bits per heavy atom. The smallest absolute Gasteiger partial charge is 0.384 e.